The van der Waals surface area contributed by atoms with E-state index < -0.39 is 11.9 Å². The molecule has 0 aromatic carbocycles. The van der Waals surface area contributed by atoms with Gasteiger partial charge in [0.2, 0.25) is 0 Å². The van der Waals surface area contributed by atoms with Crippen LogP contribution in [0.1, 0.15) is 11.3 Å². The van der Waals surface area contributed by atoms with Crippen molar-refractivity contribution >= 4 is 29.3 Å². The molecule has 0 bridgehead atoms. The zero-order valence-electron chi connectivity index (χ0n) is 8.91. The van der Waals surface area contributed by atoms with E-state index >= 15 is 0 Å². The van der Waals surface area contributed by atoms with Gasteiger partial charge in [-0.25, -0.2) is 9.37 Å². The molecule has 8 heteroatoms. The number of hydrazone groups is 1. The van der Waals surface area contributed by atoms with E-state index in [1.54, 1.807) is 19.5 Å². The number of halogens is 3. The number of thiazole rings is 1. The Hall–Kier alpha value is -1.02. The van der Waals surface area contributed by atoms with Gasteiger partial charge in [0.05, 0.1) is 11.1 Å². The number of thioether (sulfide) groups is 1. The van der Waals surface area contributed by atoms with Gasteiger partial charge in [0.1, 0.15) is 4.34 Å². The van der Waals surface area contributed by atoms with Crippen LogP contribution in [0, 0.1) is 0 Å². The average molecular weight is 281 g/mol. The maximum absolute atomic E-state index is 12.5. The van der Waals surface area contributed by atoms with Crippen LogP contribution < -0.4 is 5.43 Å². The summed E-state index contributed by atoms with van der Waals surface area (Å²) in [7, 11) is 1.67. The van der Waals surface area contributed by atoms with E-state index in [9.17, 15) is 13.2 Å². The van der Waals surface area contributed by atoms with Crippen molar-refractivity contribution < 1.29 is 13.2 Å². The Labute approximate surface area is 105 Å². The molecule has 0 amide bonds. The lowest BCUT2D eigenvalue weighted by Crippen LogP contribution is -1.93. The number of hydrogen-bond acceptors (Lipinski definition) is 5. The van der Waals surface area contributed by atoms with Crippen LogP contribution in [0.4, 0.5) is 13.2 Å². The molecule has 0 aliphatic carbocycles. The zero-order chi connectivity index (χ0) is 12.7. The predicted octanol–water partition coefficient (Wildman–Crippen LogP) is 3.26. The van der Waals surface area contributed by atoms with Crippen molar-refractivity contribution in [1.82, 2.24) is 10.4 Å². The van der Waals surface area contributed by atoms with Gasteiger partial charge in [-0.2, -0.15) is 13.9 Å². The van der Waals surface area contributed by atoms with Gasteiger partial charge in [0.25, 0.3) is 0 Å². The van der Waals surface area contributed by atoms with E-state index in [0.29, 0.717) is 4.34 Å². The van der Waals surface area contributed by atoms with Gasteiger partial charge in [-0.15, -0.1) is 11.3 Å². The zero-order valence-corrected chi connectivity index (χ0v) is 10.5. The van der Waals surface area contributed by atoms with Gasteiger partial charge < -0.3 is 5.43 Å². The van der Waals surface area contributed by atoms with Crippen molar-refractivity contribution in [3.8, 4) is 0 Å². The highest BCUT2D eigenvalue weighted by atomic mass is 32.2. The van der Waals surface area contributed by atoms with Crippen LogP contribution in [0.3, 0.4) is 0 Å². The fourth-order valence-electron chi connectivity index (χ4n) is 0.847. The van der Waals surface area contributed by atoms with Crippen molar-refractivity contribution in [3.05, 3.63) is 23.0 Å². The number of nitrogens with one attached hydrogen (secondary N) is 1. The Bertz CT molecular complexity index is 413. The molecule has 1 rings (SSSR count). The minimum Gasteiger partial charge on any atom is -0.313 e. The summed E-state index contributed by atoms with van der Waals surface area (Å²) in [4.78, 5) is 4.89. The summed E-state index contributed by atoms with van der Waals surface area (Å²) in [6.45, 7) is 0. The summed E-state index contributed by atoms with van der Waals surface area (Å²) >= 11 is 2.61. The lowest BCUT2D eigenvalue weighted by molar-refractivity contribution is 0.373. The minimum absolute atomic E-state index is 0.235. The number of rotatable bonds is 6. The van der Waals surface area contributed by atoms with Gasteiger partial charge in [-0.1, -0.05) is 11.8 Å². The normalized spacial score (nSPS) is 10.8. The first-order chi connectivity index (χ1) is 8.13. The number of allylic oxidation sites excluding steroid dienone is 1. The highest BCUT2D eigenvalue weighted by molar-refractivity contribution is 8.01. The third kappa shape index (κ3) is 5.22. The Balaban J connectivity index is 2.40. The SMILES string of the molecule is CNN=Cc1cnc(SCCC(F)=C(F)F)s1. The van der Waals surface area contributed by atoms with Crippen LogP contribution in [0.25, 0.3) is 0 Å². The topological polar surface area (TPSA) is 37.3 Å². The summed E-state index contributed by atoms with van der Waals surface area (Å²) < 4.78 is 36.7. The molecule has 0 saturated heterocycles. The average Bonchev–Trinajstić information content (AvgIpc) is 2.74. The molecule has 0 unspecified atom stereocenters. The molecule has 0 aliphatic rings. The summed E-state index contributed by atoms with van der Waals surface area (Å²) in [5, 5.41) is 3.81. The predicted molar refractivity (Wildman–Crippen MR) is 64.5 cm³/mol. The first-order valence-electron chi connectivity index (χ1n) is 4.61. The van der Waals surface area contributed by atoms with Crippen molar-refractivity contribution in [2.24, 2.45) is 5.10 Å². The molecule has 1 aromatic heterocycles. The number of aromatic nitrogens is 1. The lowest BCUT2D eigenvalue weighted by atomic mass is 10.4. The van der Waals surface area contributed by atoms with Gasteiger partial charge in [-0.05, 0) is 0 Å². The minimum atomic E-state index is -2.24. The molecule has 3 nitrogen and oxygen atoms in total. The number of hydrogen-bond donors (Lipinski definition) is 1. The maximum atomic E-state index is 12.5. The van der Waals surface area contributed by atoms with Gasteiger partial charge in [0, 0.05) is 25.4 Å². The van der Waals surface area contributed by atoms with Crippen LogP contribution in [0.5, 0.6) is 0 Å². The smallest absolute Gasteiger partial charge is 0.301 e. The van der Waals surface area contributed by atoms with Gasteiger partial charge in [0.15, 0.2) is 5.83 Å². The van der Waals surface area contributed by atoms with Crippen LogP contribution in [-0.4, -0.2) is 24.0 Å². The molecule has 94 valence electrons. The first kappa shape index (κ1) is 14.0. The first-order valence-corrected chi connectivity index (χ1v) is 6.41. The van der Waals surface area contributed by atoms with Crippen LogP contribution in [0.2, 0.25) is 0 Å². The summed E-state index contributed by atoms with van der Waals surface area (Å²) in [6, 6.07) is 0. The Morgan fingerprint density at radius 1 is 1.59 bits per heavy atom. The molecule has 1 N–H and O–H groups in total. The number of nitrogens with zero attached hydrogens (tertiary/aromatic N) is 2. The molecule has 0 aliphatic heterocycles. The quantitative estimate of drug-likeness (QED) is 0.494. The van der Waals surface area contributed by atoms with E-state index in [4.69, 9.17) is 0 Å². The molecule has 0 saturated carbocycles. The molecule has 0 fully saturated rings. The molecule has 0 atom stereocenters. The highest BCUT2D eigenvalue weighted by Crippen LogP contribution is 2.26. The molecular weight excluding hydrogens is 271 g/mol. The van der Waals surface area contributed by atoms with Crippen LogP contribution in [-0.2, 0) is 0 Å². The molecule has 0 spiro atoms. The van der Waals surface area contributed by atoms with Crippen molar-refractivity contribution in [2.45, 2.75) is 10.8 Å². The summed E-state index contributed by atoms with van der Waals surface area (Å²) in [5.74, 6) is -1.12. The Morgan fingerprint density at radius 2 is 2.35 bits per heavy atom. The van der Waals surface area contributed by atoms with E-state index in [2.05, 4.69) is 15.5 Å². The molecule has 1 heterocycles. The van der Waals surface area contributed by atoms with Crippen molar-refractivity contribution in [2.75, 3.05) is 12.8 Å². The Kier molecular flexibility index (Phi) is 6.06. The van der Waals surface area contributed by atoms with E-state index in [0.717, 1.165) is 4.88 Å². The second-order valence-corrected chi connectivity index (χ2v) is 5.18. The van der Waals surface area contributed by atoms with E-state index in [1.165, 1.54) is 23.1 Å². The van der Waals surface area contributed by atoms with Crippen molar-refractivity contribution in [1.29, 1.82) is 0 Å². The third-order valence-corrected chi connectivity index (χ3v) is 3.67. The Morgan fingerprint density at radius 3 is 3.00 bits per heavy atom. The van der Waals surface area contributed by atoms with E-state index in [1.807, 2.05) is 0 Å². The summed E-state index contributed by atoms with van der Waals surface area (Å²) in [5.41, 5.74) is 2.60. The standard InChI is InChI=1S/C9H10F3N3S2/c1-13-15-5-6-4-14-9(17-6)16-3-2-7(10)8(11)12/h4-5,13H,2-3H2,1H3. The third-order valence-electron chi connectivity index (χ3n) is 1.58. The molecule has 0 radical (unpaired) electrons. The second-order valence-electron chi connectivity index (χ2n) is 2.77. The van der Waals surface area contributed by atoms with Gasteiger partial charge in [-0.3, -0.25) is 0 Å². The van der Waals surface area contributed by atoms with Crippen LogP contribution in [0.15, 0.2) is 27.5 Å². The van der Waals surface area contributed by atoms with Gasteiger partial charge >= 0.3 is 6.08 Å². The monoisotopic (exact) mass is 281 g/mol. The second kappa shape index (κ2) is 7.33. The lowest BCUT2D eigenvalue weighted by Gasteiger charge is -1.94. The maximum Gasteiger partial charge on any atom is 0.301 e. The molecule has 17 heavy (non-hydrogen) atoms. The van der Waals surface area contributed by atoms with Crippen LogP contribution >= 0.6 is 23.1 Å². The summed E-state index contributed by atoms with van der Waals surface area (Å²) in [6.07, 6.45) is 0.692. The largest absolute Gasteiger partial charge is 0.313 e. The van der Waals surface area contributed by atoms with E-state index in [-0.39, 0.29) is 12.2 Å². The fraction of sp³-hybridized carbons (Fsp3) is 0.333. The highest BCUT2D eigenvalue weighted by Gasteiger charge is 2.06. The fourth-order valence-corrected chi connectivity index (χ4v) is 2.72. The molecular formula is C9H10F3N3S2. The van der Waals surface area contributed by atoms with Crippen molar-refractivity contribution in [3.63, 3.8) is 0 Å². The molecule has 1 aromatic rings.